The molecule has 0 spiro atoms. The maximum absolute atomic E-state index is 12.9. The van der Waals surface area contributed by atoms with Crippen LogP contribution in [0.25, 0.3) is 10.2 Å². The second kappa shape index (κ2) is 8.22. The lowest BCUT2D eigenvalue weighted by molar-refractivity contribution is 0.0746. The standard InChI is InChI=1S/C23H26N4O2S/c1-29-17-7-5-6-16(14-17)23(28)27-12-10-26(11-13-27)21-20-18-8-3-2-4-9-19(18)30-22(20)25-15-24-21/h5-7,14-15H,2-4,8-13H2,1H3. The van der Waals surface area contributed by atoms with Crippen molar-refractivity contribution in [3.63, 3.8) is 0 Å². The van der Waals surface area contributed by atoms with Gasteiger partial charge in [-0.1, -0.05) is 12.5 Å². The molecule has 1 aliphatic carbocycles. The van der Waals surface area contributed by atoms with Crippen LogP contribution in [-0.4, -0.2) is 54.1 Å². The Morgan fingerprint density at radius 2 is 1.90 bits per heavy atom. The third-order valence-electron chi connectivity index (χ3n) is 6.16. The van der Waals surface area contributed by atoms with E-state index in [0.29, 0.717) is 24.4 Å². The van der Waals surface area contributed by atoms with Crippen LogP contribution in [0.2, 0.25) is 0 Å². The maximum Gasteiger partial charge on any atom is 0.254 e. The van der Waals surface area contributed by atoms with Crippen LogP contribution in [0.3, 0.4) is 0 Å². The first-order chi connectivity index (χ1) is 14.7. The topological polar surface area (TPSA) is 58.6 Å². The highest BCUT2D eigenvalue weighted by Crippen LogP contribution is 2.38. The molecule has 156 valence electrons. The largest absolute Gasteiger partial charge is 0.497 e. The number of amides is 1. The van der Waals surface area contributed by atoms with E-state index in [2.05, 4.69) is 9.88 Å². The summed E-state index contributed by atoms with van der Waals surface area (Å²) in [6, 6.07) is 7.39. The van der Waals surface area contributed by atoms with Crippen LogP contribution < -0.4 is 9.64 Å². The third kappa shape index (κ3) is 3.51. The number of piperazine rings is 1. The van der Waals surface area contributed by atoms with Gasteiger partial charge < -0.3 is 14.5 Å². The first-order valence-electron chi connectivity index (χ1n) is 10.7. The smallest absolute Gasteiger partial charge is 0.254 e. The molecule has 0 unspecified atom stereocenters. The number of carbonyl (C=O) groups excluding carboxylic acids is 1. The van der Waals surface area contributed by atoms with Crippen molar-refractivity contribution < 1.29 is 9.53 Å². The van der Waals surface area contributed by atoms with E-state index >= 15 is 0 Å². The first kappa shape index (κ1) is 19.3. The molecule has 2 aliphatic rings. The predicted molar refractivity (Wildman–Crippen MR) is 120 cm³/mol. The predicted octanol–water partition coefficient (Wildman–Crippen LogP) is 3.93. The van der Waals surface area contributed by atoms with Crippen LogP contribution in [0.1, 0.15) is 40.1 Å². The van der Waals surface area contributed by atoms with Gasteiger partial charge in [0.25, 0.3) is 5.91 Å². The molecule has 2 aromatic heterocycles. The lowest BCUT2D eigenvalue weighted by Crippen LogP contribution is -2.49. The molecule has 0 radical (unpaired) electrons. The number of anilines is 1. The summed E-state index contributed by atoms with van der Waals surface area (Å²) < 4.78 is 5.26. The number of rotatable bonds is 3. The number of hydrogen-bond acceptors (Lipinski definition) is 6. The molecule has 7 heteroatoms. The van der Waals surface area contributed by atoms with Crippen LogP contribution in [0.4, 0.5) is 5.82 Å². The molecule has 1 aliphatic heterocycles. The molecule has 1 fully saturated rings. The second-order valence-electron chi connectivity index (χ2n) is 7.95. The molecule has 1 aromatic carbocycles. The lowest BCUT2D eigenvalue weighted by atomic mass is 10.1. The molecular formula is C23H26N4O2S. The van der Waals surface area contributed by atoms with Crippen LogP contribution in [0.15, 0.2) is 30.6 Å². The summed E-state index contributed by atoms with van der Waals surface area (Å²) in [7, 11) is 1.62. The number of carbonyl (C=O) groups is 1. The Bertz CT molecular complexity index is 1070. The zero-order chi connectivity index (χ0) is 20.5. The number of fused-ring (bicyclic) bond motifs is 3. The van der Waals surface area contributed by atoms with Gasteiger partial charge in [0.2, 0.25) is 0 Å². The molecule has 1 saturated heterocycles. The van der Waals surface area contributed by atoms with Gasteiger partial charge in [-0.25, -0.2) is 9.97 Å². The van der Waals surface area contributed by atoms with Crippen molar-refractivity contribution in [1.29, 1.82) is 0 Å². The van der Waals surface area contributed by atoms with Crippen molar-refractivity contribution in [1.82, 2.24) is 14.9 Å². The van der Waals surface area contributed by atoms with E-state index < -0.39 is 0 Å². The van der Waals surface area contributed by atoms with E-state index in [-0.39, 0.29) is 5.91 Å². The first-order valence-corrected chi connectivity index (χ1v) is 11.5. The molecular weight excluding hydrogens is 396 g/mol. The molecule has 30 heavy (non-hydrogen) atoms. The molecule has 3 heterocycles. The van der Waals surface area contributed by atoms with Crippen LogP contribution in [0, 0.1) is 0 Å². The molecule has 3 aromatic rings. The normalized spacial score (nSPS) is 17.0. The summed E-state index contributed by atoms with van der Waals surface area (Å²) in [6.07, 6.45) is 7.81. The zero-order valence-electron chi connectivity index (χ0n) is 17.3. The van der Waals surface area contributed by atoms with Gasteiger partial charge in [0.05, 0.1) is 12.5 Å². The Morgan fingerprint density at radius 3 is 2.73 bits per heavy atom. The van der Waals surface area contributed by atoms with Gasteiger partial charge >= 0.3 is 0 Å². The van der Waals surface area contributed by atoms with Gasteiger partial charge in [-0.2, -0.15) is 0 Å². The van der Waals surface area contributed by atoms with Crippen molar-refractivity contribution >= 4 is 33.3 Å². The number of aryl methyl sites for hydroxylation is 2. The van der Waals surface area contributed by atoms with Crippen molar-refractivity contribution in [3.05, 3.63) is 46.6 Å². The minimum atomic E-state index is 0.0609. The molecule has 5 rings (SSSR count). The average molecular weight is 423 g/mol. The molecule has 1 amide bonds. The monoisotopic (exact) mass is 422 g/mol. The number of thiophene rings is 1. The summed E-state index contributed by atoms with van der Waals surface area (Å²) in [4.78, 5) is 29.1. The number of nitrogens with zero attached hydrogens (tertiary/aromatic N) is 4. The Balaban J connectivity index is 1.36. The van der Waals surface area contributed by atoms with Gasteiger partial charge in [-0.15, -0.1) is 11.3 Å². The fraction of sp³-hybridized carbons (Fsp3) is 0.435. The number of ether oxygens (including phenoxy) is 1. The fourth-order valence-electron chi connectivity index (χ4n) is 4.55. The molecule has 0 bridgehead atoms. The summed E-state index contributed by atoms with van der Waals surface area (Å²) in [5.74, 6) is 1.82. The van der Waals surface area contributed by atoms with Gasteiger partial charge in [-0.3, -0.25) is 4.79 Å². The highest BCUT2D eigenvalue weighted by molar-refractivity contribution is 7.18. The van der Waals surface area contributed by atoms with Gasteiger partial charge in [0.1, 0.15) is 22.7 Å². The van der Waals surface area contributed by atoms with Gasteiger partial charge in [0.15, 0.2) is 0 Å². The van der Waals surface area contributed by atoms with E-state index in [9.17, 15) is 4.79 Å². The van der Waals surface area contributed by atoms with E-state index in [4.69, 9.17) is 9.72 Å². The van der Waals surface area contributed by atoms with Crippen molar-refractivity contribution in [2.75, 3.05) is 38.2 Å². The minimum absolute atomic E-state index is 0.0609. The second-order valence-corrected chi connectivity index (χ2v) is 9.04. The Hall–Kier alpha value is -2.67. The van der Waals surface area contributed by atoms with E-state index in [1.807, 2.05) is 40.5 Å². The minimum Gasteiger partial charge on any atom is -0.497 e. The summed E-state index contributed by atoms with van der Waals surface area (Å²) in [5, 5.41) is 1.26. The van der Waals surface area contributed by atoms with Crippen LogP contribution in [-0.2, 0) is 12.8 Å². The van der Waals surface area contributed by atoms with Crippen LogP contribution in [0.5, 0.6) is 5.75 Å². The number of benzene rings is 1. The van der Waals surface area contributed by atoms with Crippen molar-refractivity contribution in [2.24, 2.45) is 0 Å². The highest BCUT2D eigenvalue weighted by atomic mass is 32.1. The van der Waals surface area contributed by atoms with E-state index in [1.165, 1.54) is 41.5 Å². The molecule has 0 N–H and O–H groups in total. The van der Waals surface area contributed by atoms with Crippen molar-refractivity contribution in [3.8, 4) is 5.75 Å². The van der Waals surface area contributed by atoms with Gasteiger partial charge in [0, 0.05) is 36.6 Å². The molecule has 6 nitrogen and oxygen atoms in total. The maximum atomic E-state index is 12.9. The van der Waals surface area contributed by atoms with Crippen molar-refractivity contribution in [2.45, 2.75) is 32.1 Å². The molecule has 0 atom stereocenters. The Kier molecular flexibility index (Phi) is 5.29. The third-order valence-corrected chi connectivity index (χ3v) is 7.36. The molecule has 0 saturated carbocycles. The zero-order valence-corrected chi connectivity index (χ0v) is 18.1. The summed E-state index contributed by atoms with van der Waals surface area (Å²) in [5.41, 5.74) is 2.15. The Labute approximate surface area is 180 Å². The Morgan fingerprint density at radius 1 is 1.07 bits per heavy atom. The number of methoxy groups -OCH3 is 1. The van der Waals surface area contributed by atoms with E-state index in [0.717, 1.165) is 30.2 Å². The van der Waals surface area contributed by atoms with Crippen LogP contribution >= 0.6 is 11.3 Å². The van der Waals surface area contributed by atoms with E-state index in [1.54, 1.807) is 13.4 Å². The lowest BCUT2D eigenvalue weighted by Gasteiger charge is -2.35. The van der Waals surface area contributed by atoms with Gasteiger partial charge in [-0.05, 0) is 49.4 Å². The fourth-order valence-corrected chi connectivity index (χ4v) is 5.77. The average Bonchev–Trinajstić information content (AvgIpc) is 3.00. The highest BCUT2D eigenvalue weighted by Gasteiger charge is 2.26. The summed E-state index contributed by atoms with van der Waals surface area (Å²) >= 11 is 1.84. The number of aromatic nitrogens is 2. The summed E-state index contributed by atoms with van der Waals surface area (Å²) in [6.45, 7) is 2.95. The quantitative estimate of drug-likeness (QED) is 0.599. The SMILES string of the molecule is COc1cccc(C(=O)N2CCN(c3ncnc4sc5c(c34)CCCCC5)CC2)c1. The number of hydrogen-bond donors (Lipinski definition) is 0.